The first-order valence-electron chi connectivity index (χ1n) is 17.7. The molecule has 0 aromatic heterocycles. The van der Waals surface area contributed by atoms with Crippen LogP contribution in [0.2, 0.25) is 0 Å². The molecule has 0 fully saturated rings. The summed E-state index contributed by atoms with van der Waals surface area (Å²) in [5.41, 5.74) is 0. The van der Waals surface area contributed by atoms with Gasteiger partial charge >= 0.3 is 0 Å². The molecule has 0 aliphatic carbocycles. The van der Waals surface area contributed by atoms with Crippen molar-refractivity contribution in [3.8, 4) is 0 Å². The summed E-state index contributed by atoms with van der Waals surface area (Å²) < 4.78 is 0. The van der Waals surface area contributed by atoms with Gasteiger partial charge in [-0.25, -0.2) is 0 Å². The molecule has 2 unspecified atom stereocenters. The van der Waals surface area contributed by atoms with Gasteiger partial charge in [0.15, 0.2) is 0 Å². The summed E-state index contributed by atoms with van der Waals surface area (Å²) in [6.07, 6.45) is 42.9. The first-order valence-corrected chi connectivity index (χ1v) is 17.7. The van der Waals surface area contributed by atoms with Crippen molar-refractivity contribution < 1.29 is 15.0 Å². The third-order valence-electron chi connectivity index (χ3n) is 7.85. The van der Waals surface area contributed by atoms with E-state index in [1.807, 2.05) is 6.08 Å². The van der Waals surface area contributed by atoms with Gasteiger partial charge in [-0.1, -0.05) is 159 Å². The summed E-state index contributed by atoms with van der Waals surface area (Å²) in [6.45, 7) is 4.16. The van der Waals surface area contributed by atoms with Gasteiger partial charge in [0, 0.05) is 6.42 Å². The Morgan fingerprint density at radius 1 is 0.561 bits per heavy atom. The zero-order chi connectivity index (χ0) is 30.1. The average Bonchev–Trinajstić information content (AvgIpc) is 2.98. The minimum absolute atomic E-state index is 0.0978. The predicted molar refractivity (Wildman–Crippen MR) is 179 cm³/mol. The van der Waals surface area contributed by atoms with Crippen LogP contribution in [-0.4, -0.2) is 34.9 Å². The fourth-order valence-electron chi connectivity index (χ4n) is 5.09. The summed E-state index contributed by atoms with van der Waals surface area (Å²) >= 11 is 0. The molecule has 2 atom stereocenters. The minimum Gasteiger partial charge on any atom is -0.394 e. The summed E-state index contributed by atoms with van der Waals surface area (Å²) in [6, 6.07) is -0.637. The summed E-state index contributed by atoms with van der Waals surface area (Å²) in [5.74, 6) is -0.0978. The minimum atomic E-state index is -0.863. The molecule has 4 heteroatoms. The van der Waals surface area contributed by atoms with Crippen molar-refractivity contribution in [2.24, 2.45) is 0 Å². The number of carbonyl (C=O) groups excluding carboxylic acids is 1. The second-order valence-electron chi connectivity index (χ2n) is 11.9. The van der Waals surface area contributed by atoms with Gasteiger partial charge in [-0.3, -0.25) is 4.79 Å². The van der Waals surface area contributed by atoms with Crippen LogP contribution in [0.15, 0.2) is 36.5 Å². The number of hydrogen-bond donors (Lipinski definition) is 3. The van der Waals surface area contributed by atoms with Gasteiger partial charge in [0.25, 0.3) is 0 Å². The fourth-order valence-corrected chi connectivity index (χ4v) is 5.09. The summed E-state index contributed by atoms with van der Waals surface area (Å²) in [7, 11) is 0. The van der Waals surface area contributed by atoms with E-state index in [4.69, 9.17) is 0 Å². The Balaban J connectivity index is 3.55. The Morgan fingerprint density at radius 3 is 1.41 bits per heavy atom. The van der Waals surface area contributed by atoms with Crippen LogP contribution in [0.25, 0.3) is 0 Å². The lowest BCUT2D eigenvalue weighted by Crippen LogP contribution is -2.45. The van der Waals surface area contributed by atoms with E-state index >= 15 is 0 Å². The monoisotopic (exact) mass is 576 g/mol. The van der Waals surface area contributed by atoms with Crippen molar-refractivity contribution in [2.75, 3.05) is 6.61 Å². The quantitative estimate of drug-likeness (QED) is 0.0569. The van der Waals surface area contributed by atoms with Gasteiger partial charge in [-0.05, 0) is 44.9 Å². The van der Waals surface area contributed by atoms with E-state index in [1.165, 1.54) is 103 Å². The molecular formula is C37H69NO3. The lowest BCUT2D eigenvalue weighted by Gasteiger charge is -2.19. The van der Waals surface area contributed by atoms with Crippen molar-refractivity contribution in [2.45, 2.75) is 187 Å². The fraction of sp³-hybridized carbons (Fsp3) is 0.811. The van der Waals surface area contributed by atoms with Gasteiger partial charge in [0.05, 0.1) is 18.8 Å². The molecule has 3 N–H and O–H groups in total. The normalized spacial score (nSPS) is 13.6. The third-order valence-corrected chi connectivity index (χ3v) is 7.85. The average molecular weight is 576 g/mol. The highest BCUT2D eigenvalue weighted by Crippen LogP contribution is 2.14. The highest BCUT2D eigenvalue weighted by Gasteiger charge is 2.17. The molecular weight excluding hydrogens is 506 g/mol. The second-order valence-corrected chi connectivity index (χ2v) is 11.9. The topological polar surface area (TPSA) is 69.6 Å². The maximum atomic E-state index is 12.0. The highest BCUT2D eigenvalue weighted by atomic mass is 16.3. The largest absolute Gasteiger partial charge is 0.394 e. The molecule has 0 heterocycles. The van der Waals surface area contributed by atoms with E-state index in [0.717, 1.165) is 51.4 Å². The van der Waals surface area contributed by atoms with Gasteiger partial charge in [0.1, 0.15) is 0 Å². The Labute approximate surface area is 255 Å². The molecule has 240 valence electrons. The number of carbonyl (C=O) groups is 1. The van der Waals surface area contributed by atoms with Gasteiger partial charge < -0.3 is 15.5 Å². The number of aliphatic hydroxyl groups excluding tert-OH is 2. The van der Waals surface area contributed by atoms with Crippen LogP contribution >= 0.6 is 0 Å². The molecule has 0 aromatic carbocycles. The highest BCUT2D eigenvalue weighted by molar-refractivity contribution is 5.76. The smallest absolute Gasteiger partial charge is 0.220 e. The van der Waals surface area contributed by atoms with Crippen LogP contribution < -0.4 is 5.32 Å². The lowest BCUT2D eigenvalue weighted by molar-refractivity contribution is -0.123. The number of aliphatic hydroxyl groups is 2. The van der Waals surface area contributed by atoms with Crippen LogP contribution in [-0.2, 0) is 4.79 Å². The Bertz CT molecular complexity index is 628. The number of allylic oxidation sites excluding steroid dienone is 5. The molecule has 0 rings (SSSR count). The van der Waals surface area contributed by atoms with Crippen molar-refractivity contribution >= 4 is 5.91 Å². The molecule has 0 saturated carbocycles. The van der Waals surface area contributed by atoms with Crippen molar-refractivity contribution in [1.29, 1.82) is 0 Å². The zero-order valence-corrected chi connectivity index (χ0v) is 27.3. The van der Waals surface area contributed by atoms with E-state index in [0.29, 0.717) is 6.42 Å². The predicted octanol–water partition coefficient (Wildman–Crippen LogP) is 10.3. The lowest BCUT2D eigenvalue weighted by atomic mass is 10.0. The van der Waals surface area contributed by atoms with Crippen LogP contribution in [0.1, 0.15) is 174 Å². The number of rotatable bonds is 31. The number of amides is 1. The molecule has 0 aliphatic rings. The van der Waals surface area contributed by atoms with E-state index in [-0.39, 0.29) is 12.5 Å². The number of nitrogens with one attached hydrogen (secondary N) is 1. The molecule has 1 amide bonds. The van der Waals surface area contributed by atoms with Crippen LogP contribution in [0.5, 0.6) is 0 Å². The van der Waals surface area contributed by atoms with Crippen LogP contribution in [0.4, 0.5) is 0 Å². The van der Waals surface area contributed by atoms with Crippen LogP contribution in [0.3, 0.4) is 0 Å². The zero-order valence-electron chi connectivity index (χ0n) is 27.3. The van der Waals surface area contributed by atoms with E-state index in [2.05, 4.69) is 43.5 Å². The molecule has 0 spiro atoms. The maximum Gasteiger partial charge on any atom is 0.220 e. The molecule has 41 heavy (non-hydrogen) atoms. The number of hydrogen-bond acceptors (Lipinski definition) is 3. The van der Waals surface area contributed by atoms with E-state index < -0.39 is 12.1 Å². The van der Waals surface area contributed by atoms with Crippen molar-refractivity contribution in [1.82, 2.24) is 5.32 Å². The maximum absolute atomic E-state index is 12.0. The van der Waals surface area contributed by atoms with E-state index in [1.54, 1.807) is 6.08 Å². The van der Waals surface area contributed by atoms with Gasteiger partial charge in [0.2, 0.25) is 5.91 Å². The molecule has 0 radical (unpaired) electrons. The van der Waals surface area contributed by atoms with E-state index in [9.17, 15) is 15.0 Å². The number of unbranched alkanes of at least 4 members (excludes halogenated alkanes) is 20. The first kappa shape index (κ1) is 39.6. The third kappa shape index (κ3) is 29.9. The van der Waals surface area contributed by atoms with Crippen LogP contribution in [0, 0.1) is 0 Å². The molecule has 0 bridgehead atoms. The summed E-state index contributed by atoms with van der Waals surface area (Å²) in [5, 5.41) is 22.5. The standard InChI is InChI=1S/C37H69NO3/c1-3-5-7-9-10-11-12-13-14-15-16-17-18-19-20-21-22-23-24-25-26-27-28-29-30-32-36(40)35(34-39)38-37(41)33-31-8-6-4-2/h22-23,26-27,30,32,35-36,39-40H,3-21,24-25,28-29,31,33-34H2,1-2H3,(H,38,41)/b23-22+,27-26+,32-30+. The Kier molecular flexibility index (Phi) is 32.0. The van der Waals surface area contributed by atoms with Gasteiger partial charge in [-0.2, -0.15) is 0 Å². The molecule has 0 aliphatic heterocycles. The van der Waals surface area contributed by atoms with Gasteiger partial charge in [-0.15, -0.1) is 0 Å². The van der Waals surface area contributed by atoms with Crippen molar-refractivity contribution in [3.63, 3.8) is 0 Å². The molecule has 4 nitrogen and oxygen atoms in total. The second kappa shape index (κ2) is 33.1. The molecule has 0 saturated heterocycles. The van der Waals surface area contributed by atoms with Crippen molar-refractivity contribution in [3.05, 3.63) is 36.5 Å². The first-order chi connectivity index (χ1) is 20.2. The SMILES string of the molecule is CCCCCCCCCCCCCCCCC/C=C/CC/C=C/CC/C=C/C(O)C(CO)NC(=O)CCCCCC. The Hall–Kier alpha value is -1.39. The molecule has 0 aromatic rings. The Morgan fingerprint density at radius 2 is 0.951 bits per heavy atom. The summed E-state index contributed by atoms with van der Waals surface area (Å²) in [4.78, 5) is 12.0.